The molecule has 0 aromatic carbocycles. The molecule has 2 fully saturated rings. The molecule has 1 aliphatic carbocycles. The molecule has 1 unspecified atom stereocenters. The minimum absolute atomic E-state index is 0.00799. The van der Waals surface area contributed by atoms with Crippen molar-refractivity contribution < 1.29 is 9.53 Å². The van der Waals surface area contributed by atoms with E-state index in [0.717, 1.165) is 29.8 Å². The van der Waals surface area contributed by atoms with E-state index in [0.29, 0.717) is 13.2 Å². The minimum atomic E-state index is -0.00799. The third-order valence-corrected chi connectivity index (χ3v) is 5.67. The monoisotopic (exact) mass is 328 g/mol. The second kappa shape index (κ2) is 6.23. The molecule has 1 saturated carbocycles. The van der Waals surface area contributed by atoms with Crippen LogP contribution in [0.2, 0.25) is 0 Å². The van der Waals surface area contributed by atoms with E-state index in [2.05, 4.69) is 4.37 Å². The van der Waals surface area contributed by atoms with Gasteiger partial charge in [0, 0.05) is 4.88 Å². The highest BCUT2D eigenvalue weighted by atomic mass is 35.5. The molecule has 116 valence electrons. The number of amides is 1. The Hall–Kier alpha value is -0.650. The maximum atomic E-state index is 12.2. The zero-order valence-corrected chi connectivity index (χ0v) is 13.9. The highest BCUT2D eigenvalue weighted by Crippen LogP contribution is 2.42. The molecule has 1 spiro atoms. The summed E-state index contributed by atoms with van der Waals surface area (Å²) in [6.07, 6.45) is 5.69. The van der Waals surface area contributed by atoms with Gasteiger partial charge in [-0.15, -0.1) is 11.6 Å². The average Bonchev–Trinajstić information content (AvgIpc) is 3.19. The molecule has 0 radical (unpaired) electrons. The van der Waals surface area contributed by atoms with Crippen LogP contribution in [-0.4, -0.2) is 39.3 Å². The Morgan fingerprint density at radius 1 is 1.57 bits per heavy atom. The number of carbonyl (C=O) groups excluding carboxylic acids is 1. The van der Waals surface area contributed by atoms with Gasteiger partial charge in [0.05, 0.1) is 30.5 Å². The quantitative estimate of drug-likeness (QED) is 0.797. The van der Waals surface area contributed by atoms with Crippen LogP contribution in [0.3, 0.4) is 0 Å². The molecule has 0 bridgehead atoms. The molecule has 2 aliphatic rings. The first-order valence-corrected chi connectivity index (χ1v) is 8.84. The van der Waals surface area contributed by atoms with Gasteiger partial charge >= 0.3 is 0 Å². The number of rotatable bonds is 4. The summed E-state index contributed by atoms with van der Waals surface area (Å²) in [5.41, 5.74) is 1.03. The Bertz CT molecular complexity index is 514. The summed E-state index contributed by atoms with van der Waals surface area (Å²) in [6.45, 7) is 3.21. The Morgan fingerprint density at radius 3 is 2.95 bits per heavy atom. The van der Waals surface area contributed by atoms with Crippen LogP contribution < -0.4 is 0 Å². The summed E-state index contributed by atoms with van der Waals surface area (Å²) in [6, 6.07) is 2.19. The van der Waals surface area contributed by atoms with Gasteiger partial charge in [-0.1, -0.05) is 12.8 Å². The van der Waals surface area contributed by atoms with Crippen LogP contribution in [0.15, 0.2) is 6.07 Å². The fourth-order valence-electron chi connectivity index (χ4n) is 3.54. The number of aryl methyl sites for hydroxylation is 1. The van der Waals surface area contributed by atoms with Gasteiger partial charge in [-0.3, -0.25) is 4.79 Å². The normalized spacial score (nSPS) is 23.8. The van der Waals surface area contributed by atoms with Gasteiger partial charge in [0.1, 0.15) is 5.88 Å². The van der Waals surface area contributed by atoms with Crippen molar-refractivity contribution >= 4 is 29.0 Å². The third-order valence-electron chi connectivity index (χ3n) is 4.58. The highest BCUT2D eigenvalue weighted by Gasteiger charge is 2.45. The van der Waals surface area contributed by atoms with E-state index < -0.39 is 0 Å². The smallest absolute Gasteiger partial charge is 0.238 e. The average molecular weight is 329 g/mol. The second-order valence-corrected chi connectivity index (χ2v) is 7.31. The van der Waals surface area contributed by atoms with Crippen molar-refractivity contribution in [1.82, 2.24) is 9.27 Å². The fraction of sp³-hybridized carbons (Fsp3) is 0.733. The molecule has 1 aromatic heterocycles. The van der Waals surface area contributed by atoms with Crippen LogP contribution in [-0.2, 0) is 16.1 Å². The minimum Gasteiger partial charge on any atom is -0.373 e. The third kappa shape index (κ3) is 3.25. The lowest BCUT2D eigenvalue weighted by atomic mass is 9.95. The zero-order chi connectivity index (χ0) is 14.9. The lowest BCUT2D eigenvalue weighted by Crippen LogP contribution is -2.41. The van der Waals surface area contributed by atoms with Crippen LogP contribution in [0.4, 0.5) is 0 Å². The second-order valence-electron chi connectivity index (χ2n) is 6.15. The number of hydrogen-bond acceptors (Lipinski definition) is 4. The van der Waals surface area contributed by atoms with Crippen molar-refractivity contribution in [2.45, 2.75) is 57.2 Å². The lowest BCUT2D eigenvalue weighted by molar-refractivity contribution is -0.131. The van der Waals surface area contributed by atoms with Crippen molar-refractivity contribution in [3.05, 3.63) is 16.6 Å². The van der Waals surface area contributed by atoms with E-state index in [4.69, 9.17) is 16.3 Å². The predicted molar refractivity (Wildman–Crippen MR) is 83.7 cm³/mol. The Labute approximate surface area is 134 Å². The molecule has 1 atom stereocenters. The Morgan fingerprint density at radius 2 is 2.33 bits per heavy atom. The molecular formula is C15H21ClN2O2S. The SMILES string of the molecule is Cc1cc(CN(C(=O)CCl)C2COC3(CCCC3)C2)sn1. The molecule has 0 N–H and O–H groups in total. The lowest BCUT2D eigenvalue weighted by Gasteiger charge is -2.28. The summed E-state index contributed by atoms with van der Waals surface area (Å²) in [7, 11) is 0. The van der Waals surface area contributed by atoms with Crippen LogP contribution >= 0.6 is 23.1 Å². The number of carbonyl (C=O) groups is 1. The van der Waals surface area contributed by atoms with Crippen molar-refractivity contribution in [2.24, 2.45) is 0 Å². The maximum Gasteiger partial charge on any atom is 0.238 e. The van der Waals surface area contributed by atoms with Crippen molar-refractivity contribution in [3.8, 4) is 0 Å². The van der Waals surface area contributed by atoms with Gasteiger partial charge in [-0.2, -0.15) is 4.37 Å². The molecule has 1 aromatic rings. The molecule has 21 heavy (non-hydrogen) atoms. The molecular weight excluding hydrogens is 308 g/mol. The number of aromatic nitrogens is 1. The highest BCUT2D eigenvalue weighted by molar-refractivity contribution is 7.05. The van der Waals surface area contributed by atoms with Gasteiger partial charge < -0.3 is 9.64 Å². The molecule has 1 aliphatic heterocycles. The number of nitrogens with zero attached hydrogens (tertiary/aromatic N) is 2. The summed E-state index contributed by atoms with van der Waals surface area (Å²) in [5.74, 6) is 0.0211. The predicted octanol–water partition coefficient (Wildman–Crippen LogP) is 3.12. The van der Waals surface area contributed by atoms with E-state index in [1.54, 1.807) is 0 Å². The topological polar surface area (TPSA) is 42.4 Å². The Kier molecular flexibility index (Phi) is 4.52. The van der Waals surface area contributed by atoms with Crippen LogP contribution in [0.25, 0.3) is 0 Å². The van der Waals surface area contributed by atoms with Gasteiger partial charge in [0.15, 0.2) is 0 Å². The number of halogens is 1. The van der Waals surface area contributed by atoms with Crippen molar-refractivity contribution in [2.75, 3.05) is 12.5 Å². The van der Waals surface area contributed by atoms with Gasteiger partial charge in [0.2, 0.25) is 5.91 Å². The van der Waals surface area contributed by atoms with Crippen LogP contribution in [0, 0.1) is 6.92 Å². The largest absolute Gasteiger partial charge is 0.373 e. The van der Waals surface area contributed by atoms with E-state index in [1.807, 2.05) is 17.9 Å². The molecule has 1 amide bonds. The zero-order valence-electron chi connectivity index (χ0n) is 12.3. The van der Waals surface area contributed by atoms with E-state index in [9.17, 15) is 4.79 Å². The molecule has 3 rings (SSSR count). The van der Waals surface area contributed by atoms with E-state index in [-0.39, 0.29) is 23.4 Å². The molecule has 1 saturated heterocycles. The number of alkyl halides is 1. The maximum absolute atomic E-state index is 12.2. The molecule has 6 heteroatoms. The van der Waals surface area contributed by atoms with E-state index in [1.165, 1.54) is 24.4 Å². The summed E-state index contributed by atoms with van der Waals surface area (Å²) >= 11 is 7.26. The molecule has 2 heterocycles. The summed E-state index contributed by atoms with van der Waals surface area (Å²) in [4.78, 5) is 15.2. The fourth-order valence-corrected chi connectivity index (χ4v) is 4.43. The number of hydrogen-bond donors (Lipinski definition) is 0. The van der Waals surface area contributed by atoms with Gasteiger partial charge in [-0.25, -0.2) is 0 Å². The summed E-state index contributed by atoms with van der Waals surface area (Å²) in [5, 5.41) is 0. The number of ether oxygens (including phenoxy) is 1. The van der Waals surface area contributed by atoms with Crippen molar-refractivity contribution in [3.63, 3.8) is 0 Å². The van der Waals surface area contributed by atoms with Gasteiger partial charge in [-0.05, 0) is 43.8 Å². The first kappa shape index (κ1) is 15.3. The summed E-state index contributed by atoms with van der Waals surface area (Å²) < 4.78 is 10.4. The van der Waals surface area contributed by atoms with E-state index >= 15 is 0 Å². The molecule has 4 nitrogen and oxygen atoms in total. The van der Waals surface area contributed by atoms with Crippen LogP contribution in [0.1, 0.15) is 42.7 Å². The first-order valence-electron chi connectivity index (χ1n) is 7.53. The van der Waals surface area contributed by atoms with Crippen LogP contribution in [0.5, 0.6) is 0 Å². The van der Waals surface area contributed by atoms with Crippen molar-refractivity contribution in [1.29, 1.82) is 0 Å². The Balaban J connectivity index is 1.72. The standard InChI is InChI=1S/C15H21ClN2O2S/c1-11-6-13(21-17-11)9-18(14(19)8-16)12-7-15(20-10-12)4-2-3-5-15/h6,12H,2-5,7-10H2,1H3. The first-order chi connectivity index (χ1) is 10.1. The van der Waals surface area contributed by atoms with Gasteiger partial charge in [0.25, 0.3) is 0 Å².